The summed E-state index contributed by atoms with van der Waals surface area (Å²) in [6.45, 7) is 4.28. The second kappa shape index (κ2) is 9.02. The van der Waals surface area contributed by atoms with Crippen molar-refractivity contribution in [3.05, 3.63) is 71.8 Å². The lowest BCUT2D eigenvalue weighted by Gasteiger charge is -2.21. The summed E-state index contributed by atoms with van der Waals surface area (Å²) < 4.78 is 0. The number of nitrogens with one attached hydrogen (secondary N) is 1. The first kappa shape index (κ1) is 18.7. The van der Waals surface area contributed by atoms with Gasteiger partial charge in [-0.2, -0.15) is 0 Å². The van der Waals surface area contributed by atoms with Crippen LogP contribution in [-0.2, 0) is 9.59 Å². The van der Waals surface area contributed by atoms with Gasteiger partial charge in [-0.1, -0.05) is 74.5 Å². The van der Waals surface area contributed by atoms with E-state index >= 15 is 0 Å². The van der Waals surface area contributed by atoms with Gasteiger partial charge >= 0.3 is 5.97 Å². The molecule has 0 aromatic heterocycles. The van der Waals surface area contributed by atoms with Gasteiger partial charge in [0.05, 0.1) is 5.92 Å². The van der Waals surface area contributed by atoms with Gasteiger partial charge in [-0.25, -0.2) is 0 Å². The van der Waals surface area contributed by atoms with Gasteiger partial charge in [-0.15, -0.1) is 0 Å². The monoisotopic (exact) mass is 339 g/mol. The molecule has 2 atom stereocenters. The topological polar surface area (TPSA) is 66.4 Å². The Morgan fingerprint density at radius 1 is 0.920 bits per heavy atom. The molecule has 0 radical (unpaired) electrons. The molecular weight excluding hydrogens is 314 g/mol. The summed E-state index contributed by atoms with van der Waals surface area (Å²) in [5.41, 5.74) is 1.82. The zero-order chi connectivity index (χ0) is 18.2. The predicted molar refractivity (Wildman–Crippen MR) is 98.5 cm³/mol. The van der Waals surface area contributed by atoms with E-state index in [1.807, 2.05) is 36.4 Å². The Balaban J connectivity index is 1.99. The highest BCUT2D eigenvalue weighted by Crippen LogP contribution is 2.27. The first-order valence-electron chi connectivity index (χ1n) is 8.58. The second-order valence-corrected chi connectivity index (χ2v) is 6.57. The van der Waals surface area contributed by atoms with E-state index in [4.69, 9.17) is 0 Å². The zero-order valence-electron chi connectivity index (χ0n) is 14.7. The van der Waals surface area contributed by atoms with E-state index in [0.717, 1.165) is 5.56 Å². The Morgan fingerprint density at radius 2 is 1.44 bits per heavy atom. The van der Waals surface area contributed by atoms with E-state index < -0.39 is 11.9 Å². The lowest BCUT2D eigenvalue weighted by atomic mass is 9.85. The molecule has 2 aromatic carbocycles. The summed E-state index contributed by atoms with van der Waals surface area (Å²) >= 11 is 0. The first-order chi connectivity index (χ1) is 12.0. The third-order valence-electron chi connectivity index (χ3n) is 4.44. The summed E-state index contributed by atoms with van der Waals surface area (Å²) in [6.07, 6.45) is 0.350. The quantitative estimate of drug-likeness (QED) is 0.769. The van der Waals surface area contributed by atoms with Crippen LogP contribution in [0.15, 0.2) is 60.7 Å². The summed E-state index contributed by atoms with van der Waals surface area (Å²) in [5.74, 6) is -1.36. The number of hydrogen-bond donors (Lipinski definition) is 2. The van der Waals surface area contributed by atoms with E-state index in [1.54, 1.807) is 24.3 Å². The molecule has 2 N–H and O–H groups in total. The van der Waals surface area contributed by atoms with Gasteiger partial charge in [0.15, 0.2) is 0 Å². The van der Waals surface area contributed by atoms with Crippen LogP contribution in [0, 0.1) is 5.92 Å². The number of rotatable bonds is 8. The highest BCUT2D eigenvalue weighted by Gasteiger charge is 2.23. The van der Waals surface area contributed by atoms with Crippen LogP contribution in [0.5, 0.6) is 0 Å². The molecule has 0 fully saturated rings. The molecule has 4 nitrogen and oxygen atoms in total. The summed E-state index contributed by atoms with van der Waals surface area (Å²) in [4.78, 5) is 23.9. The lowest BCUT2D eigenvalue weighted by molar-refractivity contribution is -0.138. The molecule has 2 aromatic rings. The molecule has 0 saturated carbocycles. The average Bonchev–Trinajstić information content (AvgIpc) is 2.61. The van der Waals surface area contributed by atoms with Gasteiger partial charge in [0.25, 0.3) is 0 Å². The van der Waals surface area contributed by atoms with E-state index in [9.17, 15) is 14.7 Å². The molecular formula is C21H25NO3. The lowest BCUT2D eigenvalue weighted by Crippen LogP contribution is -2.33. The van der Waals surface area contributed by atoms with Crippen LogP contribution in [0.25, 0.3) is 0 Å². The van der Waals surface area contributed by atoms with E-state index in [2.05, 4.69) is 19.2 Å². The fourth-order valence-corrected chi connectivity index (χ4v) is 2.96. The van der Waals surface area contributed by atoms with Gasteiger partial charge < -0.3 is 10.4 Å². The highest BCUT2D eigenvalue weighted by molar-refractivity contribution is 5.80. The first-order valence-corrected chi connectivity index (χ1v) is 8.58. The van der Waals surface area contributed by atoms with Crippen molar-refractivity contribution < 1.29 is 14.7 Å². The molecule has 0 spiro atoms. The SMILES string of the molecule is CC(C)C(CC(=O)NCC(C(=O)O)c1ccccc1)c1ccccc1. The number of carbonyl (C=O) groups excluding carboxylic acids is 1. The third-order valence-corrected chi connectivity index (χ3v) is 4.44. The van der Waals surface area contributed by atoms with Crippen molar-refractivity contribution in [1.29, 1.82) is 0 Å². The van der Waals surface area contributed by atoms with Crippen LogP contribution in [0.3, 0.4) is 0 Å². The number of carboxylic acids is 1. The van der Waals surface area contributed by atoms with E-state index in [-0.39, 0.29) is 18.4 Å². The van der Waals surface area contributed by atoms with Crippen LogP contribution in [0.1, 0.15) is 43.2 Å². The van der Waals surface area contributed by atoms with Crippen molar-refractivity contribution in [2.45, 2.75) is 32.1 Å². The normalized spacial score (nSPS) is 13.2. The Labute approximate surface area is 148 Å². The van der Waals surface area contributed by atoms with Gasteiger partial charge in [0.2, 0.25) is 5.91 Å². The van der Waals surface area contributed by atoms with Crippen molar-refractivity contribution in [2.75, 3.05) is 6.54 Å². The van der Waals surface area contributed by atoms with Crippen molar-refractivity contribution >= 4 is 11.9 Å². The number of aliphatic carboxylic acids is 1. The Hall–Kier alpha value is -2.62. The van der Waals surface area contributed by atoms with Crippen LogP contribution >= 0.6 is 0 Å². The number of carbonyl (C=O) groups is 2. The Kier molecular flexibility index (Phi) is 6.75. The second-order valence-electron chi connectivity index (χ2n) is 6.57. The van der Waals surface area contributed by atoms with E-state index in [0.29, 0.717) is 17.9 Å². The molecule has 0 bridgehead atoms. The molecule has 0 saturated heterocycles. The van der Waals surface area contributed by atoms with Crippen LogP contribution in [0.4, 0.5) is 0 Å². The summed E-state index contributed by atoms with van der Waals surface area (Å²) in [7, 11) is 0. The molecule has 4 heteroatoms. The molecule has 0 aliphatic carbocycles. The summed E-state index contributed by atoms with van der Waals surface area (Å²) in [6, 6.07) is 18.9. The minimum absolute atomic E-state index is 0.0950. The fraction of sp³-hybridized carbons (Fsp3) is 0.333. The number of amides is 1. The van der Waals surface area contributed by atoms with Crippen molar-refractivity contribution in [3.8, 4) is 0 Å². The van der Waals surface area contributed by atoms with Crippen molar-refractivity contribution in [2.24, 2.45) is 5.92 Å². The van der Waals surface area contributed by atoms with Gasteiger partial charge in [-0.3, -0.25) is 9.59 Å². The largest absolute Gasteiger partial charge is 0.481 e. The maximum atomic E-state index is 12.4. The maximum Gasteiger partial charge on any atom is 0.312 e. The third kappa shape index (κ3) is 5.45. The predicted octanol–water partition coefficient (Wildman–Crippen LogP) is 3.80. The molecule has 1 amide bonds. The number of hydrogen-bond acceptors (Lipinski definition) is 2. The van der Waals surface area contributed by atoms with Crippen molar-refractivity contribution in [1.82, 2.24) is 5.32 Å². The molecule has 2 unspecified atom stereocenters. The molecule has 2 rings (SSSR count). The molecule has 0 aliphatic heterocycles. The molecule has 25 heavy (non-hydrogen) atoms. The van der Waals surface area contributed by atoms with Crippen LogP contribution < -0.4 is 5.32 Å². The van der Waals surface area contributed by atoms with Gasteiger partial charge in [0.1, 0.15) is 0 Å². The van der Waals surface area contributed by atoms with Gasteiger partial charge in [0, 0.05) is 13.0 Å². The molecule has 0 heterocycles. The number of carboxylic acid groups (broad SMARTS) is 1. The zero-order valence-corrected chi connectivity index (χ0v) is 14.7. The average molecular weight is 339 g/mol. The minimum Gasteiger partial charge on any atom is -0.481 e. The van der Waals surface area contributed by atoms with E-state index in [1.165, 1.54) is 0 Å². The molecule has 0 aliphatic rings. The minimum atomic E-state index is -0.935. The Morgan fingerprint density at radius 3 is 1.92 bits per heavy atom. The Bertz CT molecular complexity index is 683. The van der Waals surface area contributed by atoms with Crippen LogP contribution in [0.2, 0.25) is 0 Å². The highest BCUT2D eigenvalue weighted by atomic mass is 16.4. The fourth-order valence-electron chi connectivity index (χ4n) is 2.96. The van der Waals surface area contributed by atoms with Gasteiger partial charge in [-0.05, 0) is 23.0 Å². The smallest absolute Gasteiger partial charge is 0.312 e. The maximum absolute atomic E-state index is 12.4. The van der Waals surface area contributed by atoms with Crippen molar-refractivity contribution in [3.63, 3.8) is 0 Å². The van der Waals surface area contributed by atoms with Crippen LogP contribution in [-0.4, -0.2) is 23.5 Å². The molecule has 132 valence electrons. The standard InChI is InChI=1S/C21H25NO3/c1-15(2)18(16-9-5-3-6-10-16)13-20(23)22-14-19(21(24)25)17-11-7-4-8-12-17/h3-12,15,18-19H,13-14H2,1-2H3,(H,22,23)(H,24,25). The number of benzene rings is 2. The summed E-state index contributed by atoms with van der Waals surface area (Å²) in [5, 5.41) is 12.2.